The highest BCUT2D eigenvalue weighted by atomic mass is 16.3. The van der Waals surface area contributed by atoms with E-state index in [2.05, 4.69) is 5.32 Å². The quantitative estimate of drug-likeness (QED) is 0.852. The van der Waals surface area contributed by atoms with E-state index in [4.69, 9.17) is 0 Å². The van der Waals surface area contributed by atoms with E-state index < -0.39 is 6.10 Å². The van der Waals surface area contributed by atoms with Gasteiger partial charge in [0.15, 0.2) is 0 Å². The molecule has 0 heterocycles. The predicted octanol–water partition coefficient (Wildman–Crippen LogP) is 1.92. The molecule has 2 aromatic rings. The zero-order valence-corrected chi connectivity index (χ0v) is 13.9. The van der Waals surface area contributed by atoms with Crippen LogP contribution >= 0.6 is 0 Å². The molecule has 0 radical (unpaired) electrons. The van der Waals surface area contributed by atoms with Crippen LogP contribution < -0.4 is 5.32 Å². The standard InChI is InChI=1S/C19H22N2O3/c1-14-8-6-7-11-16(14)17(22)12-20-18(23)13-21(2)19(24)15-9-4-3-5-10-15/h3-11,17,22H,12-13H2,1-2H3,(H,20,23). The minimum Gasteiger partial charge on any atom is -0.387 e. The Hall–Kier alpha value is -2.66. The van der Waals surface area contributed by atoms with Gasteiger partial charge >= 0.3 is 0 Å². The summed E-state index contributed by atoms with van der Waals surface area (Å²) in [5.74, 6) is -0.528. The number of hydrogen-bond donors (Lipinski definition) is 2. The molecule has 0 aromatic heterocycles. The maximum Gasteiger partial charge on any atom is 0.254 e. The van der Waals surface area contributed by atoms with Crippen molar-refractivity contribution in [2.24, 2.45) is 0 Å². The summed E-state index contributed by atoms with van der Waals surface area (Å²) in [5.41, 5.74) is 2.29. The number of aliphatic hydroxyl groups is 1. The number of carbonyl (C=O) groups excluding carboxylic acids is 2. The molecule has 1 unspecified atom stereocenters. The lowest BCUT2D eigenvalue weighted by Crippen LogP contribution is -2.39. The van der Waals surface area contributed by atoms with Crippen molar-refractivity contribution in [3.8, 4) is 0 Å². The summed E-state index contributed by atoms with van der Waals surface area (Å²) in [4.78, 5) is 25.5. The molecule has 2 aromatic carbocycles. The summed E-state index contributed by atoms with van der Waals surface area (Å²) >= 11 is 0. The third kappa shape index (κ3) is 4.67. The summed E-state index contributed by atoms with van der Waals surface area (Å²) in [6.07, 6.45) is -0.773. The van der Waals surface area contributed by atoms with Crippen molar-refractivity contribution >= 4 is 11.8 Å². The van der Waals surface area contributed by atoms with Crippen LogP contribution in [0, 0.1) is 6.92 Å². The number of hydrogen-bond acceptors (Lipinski definition) is 3. The normalized spacial score (nSPS) is 11.6. The van der Waals surface area contributed by atoms with Crippen molar-refractivity contribution in [2.75, 3.05) is 20.1 Å². The molecule has 0 bridgehead atoms. The highest BCUT2D eigenvalue weighted by Crippen LogP contribution is 2.16. The Kier molecular flexibility index (Phi) is 6.09. The molecule has 2 amide bonds. The Morgan fingerprint density at radius 3 is 2.38 bits per heavy atom. The second-order valence-electron chi connectivity index (χ2n) is 5.70. The molecule has 0 fully saturated rings. The van der Waals surface area contributed by atoms with Crippen LogP contribution in [0.5, 0.6) is 0 Å². The van der Waals surface area contributed by atoms with Crippen molar-refractivity contribution in [2.45, 2.75) is 13.0 Å². The van der Waals surface area contributed by atoms with Gasteiger partial charge in [-0.1, -0.05) is 42.5 Å². The predicted molar refractivity (Wildman–Crippen MR) is 92.6 cm³/mol. The van der Waals surface area contributed by atoms with Gasteiger partial charge in [0.1, 0.15) is 0 Å². The Bertz CT molecular complexity index is 701. The van der Waals surface area contributed by atoms with E-state index >= 15 is 0 Å². The molecule has 2 N–H and O–H groups in total. The first-order valence-corrected chi connectivity index (χ1v) is 7.80. The first-order chi connectivity index (χ1) is 11.5. The van der Waals surface area contributed by atoms with Crippen molar-refractivity contribution in [3.05, 3.63) is 71.3 Å². The highest BCUT2D eigenvalue weighted by Gasteiger charge is 2.16. The van der Waals surface area contributed by atoms with E-state index in [1.165, 1.54) is 4.90 Å². The monoisotopic (exact) mass is 326 g/mol. The van der Waals surface area contributed by atoms with Crippen LogP contribution in [0.2, 0.25) is 0 Å². The highest BCUT2D eigenvalue weighted by molar-refractivity contribution is 5.96. The molecule has 1 atom stereocenters. The van der Waals surface area contributed by atoms with Gasteiger partial charge in [0, 0.05) is 19.2 Å². The molecule has 0 spiro atoms. The van der Waals surface area contributed by atoms with Gasteiger partial charge in [-0.25, -0.2) is 0 Å². The number of likely N-dealkylation sites (N-methyl/N-ethyl adjacent to an activating group) is 1. The topological polar surface area (TPSA) is 69.6 Å². The zero-order chi connectivity index (χ0) is 17.5. The summed E-state index contributed by atoms with van der Waals surface area (Å²) < 4.78 is 0. The summed E-state index contributed by atoms with van der Waals surface area (Å²) in [6, 6.07) is 16.3. The largest absolute Gasteiger partial charge is 0.387 e. The van der Waals surface area contributed by atoms with Gasteiger partial charge in [-0.15, -0.1) is 0 Å². The second-order valence-corrected chi connectivity index (χ2v) is 5.70. The number of aliphatic hydroxyl groups excluding tert-OH is 1. The van der Waals surface area contributed by atoms with Crippen molar-refractivity contribution < 1.29 is 14.7 Å². The average Bonchev–Trinajstić information content (AvgIpc) is 2.60. The van der Waals surface area contributed by atoms with Crippen LogP contribution in [0.1, 0.15) is 27.6 Å². The number of carbonyl (C=O) groups is 2. The third-order valence-corrected chi connectivity index (χ3v) is 3.79. The fraction of sp³-hybridized carbons (Fsp3) is 0.263. The first-order valence-electron chi connectivity index (χ1n) is 7.80. The van der Waals surface area contributed by atoms with Crippen LogP contribution in [-0.2, 0) is 4.79 Å². The molecule has 5 nitrogen and oxygen atoms in total. The Labute approximate surface area is 141 Å². The number of aryl methyl sites for hydroxylation is 1. The smallest absolute Gasteiger partial charge is 0.254 e. The fourth-order valence-electron chi connectivity index (χ4n) is 2.43. The molecular formula is C19H22N2O3. The van der Waals surface area contributed by atoms with Gasteiger partial charge in [0.2, 0.25) is 5.91 Å². The second kappa shape index (κ2) is 8.26. The van der Waals surface area contributed by atoms with Gasteiger partial charge in [-0.2, -0.15) is 0 Å². The average molecular weight is 326 g/mol. The molecule has 0 aliphatic heterocycles. The lowest BCUT2D eigenvalue weighted by Gasteiger charge is -2.18. The van der Waals surface area contributed by atoms with Crippen LogP contribution in [0.4, 0.5) is 0 Å². The number of nitrogens with one attached hydrogen (secondary N) is 1. The van der Waals surface area contributed by atoms with Crippen molar-refractivity contribution in [1.29, 1.82) is 0 Å². The van der Waals surface area contributed by atoms with E-state index in [0.29, 0.717) is 5.56 Å². The molecule has 0 saturated heterocycles. The Balaban J connectivity index is 1.85. The van der Waals surface area contributed by atoms with Crippen LogP contribution in [-0.4, -0.2) is 42.0 Å². The molecule has 0 aliphatic rings. The molecule has 24 heavy (non-hydrogen) atoms. The third-order valence-electron chi connectivity index (χ3n) is 3.79. The van der Waals surface area contributed by atoms with Crippen LogP contribution in [0.3, 0.4) is 0 Å². The number of amides is 2. The van der Waals surface area contributed by atoms with Crippen LogP contribution in [0.25, 0.3) is 0 Å². The maximum atomic E-state index is 12.2. The summed E-state index contributed by atoms with van der Waals surface area (Å²) in [6.45, 7) is 1.96. The molecule has 2 rings (SSSR count). The Morgan fingerprint density at radius 2 is 1.71 bits per heavy atom. The van der Waals surface area contributed by atoms with Crippen molar-refractivity contribution in [1.82, 2.24) is 10.2 Å². The van der Waals surface area contributed by atoms with E-state index in [1.54, 1.807) is 31.3 Å². The first kappa shape index (κ1) is 17.7. The van der Waals surface area contributed by atoms with E-state index in [-0.39, 0.29) is 24.9 Å². The minimum absolute atomic E-state index is 0.0613. The van der Waals surface area contributed by atoms with Gasteiger partial charge < -0.3 is 15.3 Å². The van der Waals surface area contributed by atoms with Gasteiger partial charge in [-0.05, 0) is 30.2 Å². The van der Waals surface area contributed by atoms with Crippen LogP contribution in [0.15, 0.2) is 54.6 Å². The molecular weight excluding hydrogens is 304 g/mol. The van der Waals surface area contributed by atoms with Gasteiger partial charge in [0.25, 0.3) is 5.91 Å². The zero-order valence-electron chi connectivity index (χ0n) is 13.9. The Morgan fingerprint density at radius 1 is 1.08 bits per heavy atom. The van der Waals surface area contributed by atoms with E-state index in [1.807, 2.05) is 37.3 Å². The van der Waals surface area contributed by atoms with Gasteiger partial charge in [-0.3, -0.25) is 9.59 Å². The number of rotatable bonds is 6. The maximum absolute atomic E-state index is 12.2. The number of benzene rings is 2. The number of nitrogens with zero attached hydrogens (tertiary/aromatic N) is 1. The minimum atomic E-state index is -0.773. The molecule has 0 aliphatic carbocycles. The lowest BCUT2D eigenvalue weighted by atomic mass is 10.0. The van der Waals surface area contributed by atoms with Crippen molar-refractivity contribution in [3.63, 3.8) is 0 Å². The summed E-state index contributed by atoms with van der Waals surface area (Å²) in [7, 11) is 1.58. The van der Waals surface area contributed by atoms with E-state index in [0.717, 1.165) is 11.1 Å². The fourth-order valence-corrected chi connectivity index (χ4v) is 2.43. The lowest BCUT2D eigenvalue weighted by molar-refractivity contribution is -0.122. The molecule has 126 valence electrons. The molecule has 0 saturated carbocycles. The van der Waals surface area contributed by atoms with Gasteiger partial charge in [0.05, 0.1) is 12.6 Å². The molecule has 5 heteroatoms. The SMILES string of the molecule is Cc1ccccc1C(O)CNC(=O)CN(C)C(=O)c1ccccc1. The summed E-state index contributed by atoms with van der Waals surface area (Å²) in [5, 5.41) is 12.8. The van der Waals surface area contributed by atoms with E-state index in [9.17, 15) is 14.7 Å².